The second-order valence-electron chi connectivity index (χ2n) is 9.84. The number of nitrogens with zero attached hydrogens (tertiary/aromatic N) is 2. The molecule has 200 valence electrons. The van der Waals surface area contributed by atoms with E-state index in [2.05, 4.69) is 16.3 Å². The van der Waals surface area contributed by atoms with Crippen molar-refractivity contribution in [2.45, 2.75) is 50.9 Å². The zero-order valence-electron chi connectivity index (χ0n) is 22.0. The lowest BCUT2D eigenvalue weighted by Gasteiger charge is -2.37. The molecule has 2 aromatic rings. The normalized spacial score (nSPS) is 17.7. The Morgan fingerprint density at radius 2 is 1.70 bits per heavy atom. The first-order chi connectivity index (χ1) is 18.1. The van der Waals surface area contributed by atoms with Gasteiger partial charge in [0.2, 0.25) is 0 Å². The molecule has 0 aromatic heterocycles. The first-order valence-corrected chi connectivity index (χ1v) is 13.3. The van der Waals surface area contributed by atoms with Crippen LogP contribution in [0.3, 0.4) is 0 Å². The highest BCUT2D eigenvalue weighted by atomic mass is 16.5. The standard InChI is InChI=1S/C29H39N3O5/c1-35-26-10-6-7-24(19-26)27(37-21-22-11-13-23(14-12-22)28(33)36-2)20-31-15-17-32(18-16-31)29(34)30-25-8-4-3-5-9-25/h6-7,10-14,19,25,27H,3-5,8-9,15-18,20-21H2,1-2H3,(H,30,34). The zero-order chi connectivity index (χ0) is 26.0. The molecule has 0 radical (unpaired) electrons. The Morgan fingerprint density at radius 3 is 2.38 bits per heavy atom. The number of benzene rings is 2. The summed E-state index contributed by atoms with van der Waals surface area (Å²) in [7, 11) is 3.04. The van der Waals surface area contributed by atoms with Crippen LogP contribution >= 0.6 is 0 Å². The molecule has 8 heteroatoms. The van der Waals surface area contributed by atoms with E-state index in [-0.39, 0.29) is 18.1 Å². The first-order valence-electron chi connectivity index (χ1n) is 13.3. The fourth-order valence-electron chi connectivity index (χ4n) is 5.03. The maximum Gasteiger partial charge on any atom is 0.337 e. The van der Waals surface area contributed by atoms with Gasteiger partial charge < -0.3 is 24.4 Å². The van der Waals surface area contributed by atoms with Gasteiger partial charge in [0.15, 0.2) is 0 Å². The summed E-state index contributed by atoms with van der Waals surface area (Å²) < 4.78 is 16.6. The van der Waals surface area contributed by atoms with E-state index in [1.165, 1.54) is 26.4 Å². The van der Waals surface area contributed by atoms with Crippen LogP contribution in [0.1, 0.15) is 59.7 Å². The fraction of sp³-hybridized carbons (Fsp3) is 0.517. The number of methoxy groups -OCH3 is 2. The molecule has 4 rings (SSSR count). The number of nitrogens with one attached hydrogen (secondary N) is 1. The second-order valence-corrected chi connectivity index (χ2v) is 9.84. The molecule has 1 atom stereocenters. The van der Waals surface area contributed by atoms with E-state index in [0.29, 0.717) is 37.8 Å². The van der Waals surface area contributed by atoms with Crippen LogP contribution in [0, 0.1) is 0 Å². The van der Waals surface area contributed by atoms with Crippen LogP contribution in [0.15, 0.2) is 48.5 Å². The fourth-order valence-corrected chi connectivity index (χ4v) is 5.03. The zero-order valence-corrected chi connectivity index (χ0v) is 22.0. The van der Waals surface area contributed by atoms with Crippen LogP contribution < -0.4 is 10.1 Å². The number of amides is 2. The number of hydrogen-bond acceptors (Lipinski definition) is 6. The molecule has 2 aromatic carbocycles. The molecule has 1 heterocycles. The summed E-state index contributed by atoms with van der Waals surface area (Å²) in [5.74, 6) is 0.436. The molecular formula is C29H39N3O5. The molecule has 8 nitrogen and oxygen atoms in total. The van der Waals surface area contributed by atoms with Gasteiger partial charge >= 0.3 is 12.0 Å². The van der Waals surface area contributed by atoms with Gasteiger partial charge in [-0.1, -0.05) is 43.5 Å². The predicted molar refractivity (Wildman–Crippen MR) is 142 cm³/mol. The number of carbonyl (C=O) groups is 2. The van der Waals surface area contributed by atoms with E-state index >= 15 is 0 Å². The van der Waals surface area contributed by atoms with Gasteiger partial charge in [-0.05, 0) is 48.2 Å². The highest BCUT2D eigenvalue weighted by Gasteiger charge is 2.26. The molecule has 0 bridgehead atoms. The van der Waals surface area contributed by atoms with Crippen LogP contribution in [0.25, 0.3) is 0 Å². The topological polar surface area (TPSA) is 80.3 Å². The van der Waals surface area contributed by atoms with Gasteiger partial charge in [-0.15, -0.1) is 0 Å². The molecule has 2 amide bonds. The van der Waals surface area contributed by atoms with E-state index in [1.807, 2.05) is 35.2 Å². The predicted octanol–water partition coefficient (Wildman–Crippen LogP) is 4.40. The Morgan fingerprint density at radius 1 is 0.973 bits per heavy atom. The summed E-state index contributed by atoms with van der Waals surface area (Å²) in [6.07, 6.45) is 5.71. The number of rotatable bonds is 9. The average molecular weight is 510 g/mol. The van der Waals surface area contributed by atoms with Gasteiger partial charge in [0.05, 0.1) is 32.5 Å². The van der Waals surface area contributed by atoms with Crippen molar-refractivity contribution < 1.29 is 23.8 Å². The Balaban J connectivity index is 1.35. The van der Waals surface area contributed by atoms with Crippen molar-refractivity contribution in [2.75, 3.05) is 46.9 Å². The number of hydrogen-bond donors (Lipinski definition) is 1. The highest BCUT2D eigenvalue weighted by molar-refractivity contribution is 5.89. The largest absolute Gasteiger partial charge is 0.497 e. The first kappa shape index (κ1) is 26.9. The lowest BCUT2D eigenvalue weighted by atomic mass is 9.96. The van der Waals surface area contributed by atoms with Crippen molar-refractivity contribution >= 4 is 12.0 Å². The van der Waals surface area contributed by atoms with E-state index in [1.54, 1.807) is 19.2 Å². The van der Waals surface area contributed by atoms with E-state index in [0.717, 1.165) is 42.8 Å². The summed E-state index contributed by atoms with van der Waals surface area (Å²) >= 11 is 0. The molecule has 37 heavy (non-hydrogen) atoms. The molecule has 2 aliphatic rings. The summed E-state index contributed by atoms with van der Waals surface area (Å²) in [5.41, 5.74) is 2.54. The van der Waals surface area contributed by atoms with Gasteiger partial charge in [0, 0.05) is 38.8 Å². The lowest BCUT2D eigenvalue weighted by Crippen LogP contribution is -2.54. The summed E-state index contributed by atoms with van der Waals surface area (Å²) in [4.78, 5) is 28.8. The van der Waals surface area contributed by atoms with Crippen LogP contribution in [0.2, 0.25) is 0 Å². The minimum absolute atomic E-state index is 0.0718. The van der Waals surface area contributed by atoms with Gasteiger partial charge in [-0.2, -0.15) is 0 Å². The molecule has 1 saturated carbocycles. The van der Waals surface area contributed by atoms with Crippen molar-refractivity contribution in [3.05, 3.63) is 65.2 Å². The molecule has 1 unspecified atom stereocenters. The van der Waals surface area contributed by atoms with Crippen LogP contribution in [-0.4, -0.2) is 74.8 Å². The van der Waals surface area contributed by atoms with Crippen LogP contribution in [0.5, 0.6) is 5.75 Å². The maximum absolute atomic E-state index is 12.8. The number of ether oxygens (including phenoxy) is 3. The van der Waals surface area contributed by atoms with Crippen LogP contribution in [-0.2, 0) is 16.1 Å². The molecular weight excluding hydrogens is 470 g/mol. The Kier molecular flexibility index (Phi) is 9.79. The van der Waals surface area contributed by atoms with Gasteiger partial charge in [-0.25, -0.2) is 9.59 Å². The minimum atomic E-state index is -0.353. The maximum atomic E-state index is 12.8. The highest BCUT2D eigenvalue weighted by Crippen LogP contribution is 2.25. The molecule has 0 spiro atoms. The van der Waals surface area contributed by atoms with Crippen LogP contribution in [0.4, 0.5) is 4.79 Å². The van der Waals surface area contributed by atoms with Gasteiger partial charge in [0.25, 0.3) is 0 Å². The number of piperazine rings is 1. The average Bonchev–Trinajstić information content (AvgIpc) is 2.96. The van der Waals surface area contributed by atoms with Crippen molar-refractivity contribution in [1.82, 2.24) is 15.1 Å². The lowest BCUT2D eigenvalue weighted by molar-refractivity contribution is 0.00535. The SMILES string of the molecule is COC(=O)c1ccc(COC(CN2CCN(C(=O)NC3CCCCC3)CC2)c2cccc(OC)c2)cc1. The minimum Gasteiger partial charge on any atom is -0.497 e. The molecule has 1 saturated heterocycles. The third-order valence-electron chi connectivity index (χ3n) is 7.31. The number of esters is 1. The van der Waals surface area contributed by atoms with Crippen molar-refractivity contribution in [3.8, 4) is 5.75 Å². The second kappa shape index (κ2) is 13.4. The summed E-state index contributed by atoms with van der Waals surface area (Å²) in [6.45, 7) is 4.14. The van der Waals surface area contributed by atoms with Crippen molar-refractivity contribution in [1.29, 1.82) is 0 Å². The van der Waals surface area contributed by atoms with E-state index < -0.39 is 0 Å². The smallest absolute Gasteiger partial charge is 0.337 e. The Hall–Kier alpha value is -3.10. The quantitative estimate of drug-likeness (QED) is 0.505. The number of carbonyl (C=O) groups excluding carboxylic acids is 2. The van der Waals surface area contributed by atoms with Gasteiger partial charge in [0.1, 0.15) is 5.75 Å². The van der Waals surface area contributed by atoms with E-state index in [9.17, 15) is 9.59 Å². The number of urea groups is 1. The van der Waals surface area contributed by atoms with Gasteiger partial charge in [-0.3, -0.25) is 4.90 Å². The van der Waals surface area contributed by atoms with Crippen molar-refractivity contribution in [2.24, 2.45) is 0 Å². The molecule has 2 fully saturated rings. The third-order valence-corrected chi connectivity index (χ3v) is 7.31. The Labute approximate surface area is 219 Å². The van der Waals surface area contributed by atoms with Crippen molar-refractivity contribution in [3.63, 3.8) is 0 Å². The molecule has 1 N–H and O–H groups in total. The molecule has 1 aliphatic heterocycles. The monoisotopic (exact) mass is 509 g/mol. The van der Waals surface area contributed by atoms with E-state index in [4.69, 9.17) is 14.2 Å². The molecule has 1 aliphatic carbocycles. The summed E-state index contributed by atoms with van der Waals surface area (Å²) in [6, 6.07) is 15.6. The summed E-state index contributed by atoms with van der Waals surface area (Å²) in [5, 5.41) is 3.24. The third kappa shape index (κ3) is 7.69. The Bertz CT molecular complexity index is 1010.